The molecule has 1 unspecified atom stereocenters. The molecule has 0 aliphatic rings. The molecule has 1 aromatic carbocycles. The van der Waals surface area contributed by atoms with E-state index in [9.17, 15) is 0 Å². The summed E-state index contributed by atoms with van der Waals surface area (Å²) in [5, 5.41) is 7.36. The molecule has 0 bridgehead atoms. The highest BCUT2D eigenvalue weighted by molar-refractivity contribution is 5.35. The van der Waals surface area contributed by atoms with E-state index in [1.165, 1.54) is 0 Å². The summed E-state index contributed by atoms with van der Waals surface area (Å²) in [6, 6.07) is 7.93. The van der Waals surface area contributed by atoms with Crippen LogP contribution in [0.1, 0.15) is 18.7 Å². The van der Waals surface area contributed by atoms with Crippen LogP contribution >= 0.6 is 0 Å². The third kappa shape index (κ3) is 2.65. The first-order valence-electron chi connectivity index (χ1n) is 5.65. The molecule has 90 valence electrons. The maximum Gasteiger partial charge on any atom is 0.165 e. The van der Waals surface area contributed by atoms with Crippen molar-refractivity contribution in [3.63, 3.8) is 0 Å². The number of hydrogen-bond acceptors (Lipinski definition) is 3. The van der Waals surface area contributed by atoms with Gasteiger partial charge in [0.25, 0.3) is 0 Å². The quantitative estimate of drug-likeness (QED) is 0.879. The summed E-state index contributed by atoms with van der Waals surface area (Å²) in [4.78, 5) is 0. The molecule has 1 aromatic heterocycles. The molecule has 0 amide bonds. The Labute approximate surface area is 101 Å². The molecule has 0 saturated heterocycles. The van der Waals surface area contributed by atoms with Gasteiger partial charge in [-0.3, -0.25) is 10.00 Å². The van der Waals surface area contributed by atoms with Gasteiger partial charge in [0, 0.05) is 0 Å². The Morgan fingerprint density at radius 1 is 1.35 bits per heavy atom. The van der Waals surface area contributed by atoms with Gasteiger partial charge in [-0.2, -0.15) is 5.10 Å². The minimum atomic E-state index is 0.157. The van der Waals surface area contributed by atoms with E-state index in [1.54, 1.807) is 6.20 Å². The smallest absolute Gasteiger partial charge is 0.165 e. The van der Waals surface area contributed by atoms with Crippen LogP contribution < -0.4 is 10.1 Å². The first-order chi connectivity index (χ1) is 8.20. The Hall–Kier alpha value is -1.81. The fraction of sp³-hybridized carbons (Fsp3) is 0.308. The standard InChI is InChI=1S/C13H17N3O/c1-10-6-4-5-7-13(10)17-12-8-15-16(9-12)11(2)14-3/h4-9,11,14H,1-3H3. The van der Waals surface area contributed by atoms with Crippen LogP contribution in [0.4, 0.5) is 0 Å². The molecule has 0 aliphatic carbocycles. The minimum absolute atomic E-state index is 0.157. The fourth-order valence-electron chi connectivity index (χ4n) is 1.52. The van der Waals surface area contributed by atoms with Crippen LogP contribution in [0.25, 0.3) is 0 Å². The third-order valence-electron chi connectivity index (χ3n) is 2.71. The summed E-state index contributed by atoms with van der Waals surface area (Å²) in [7, 11) is 1.90. The highest BCUT2D eigenvalue weighted by atomic mass is 16.5. The van der Waals surface area contributed by atoms with E-state index in [4.69, 9.17) is 4.74 Å². The predicted octanol–water partition coefficient (Wildman–Crippen LogP) is 2.72. The molecule has 0 aliphatic heterocycles. The summed E-state index contributed by atoms with van der Waals surface area (Å²) in [6.07, 6.45) is 3.76. The lowest BCUT2D eigenvalue weighted by molar-refractivity contribution is 0.427. The highest BCUT2D eigenvalue weighted by Gasteiger charge is 2.06. The maximum absolute atomic E-state index is 5.77. The van der Waals surface area contributed by atoms with Crippen molar-refractivity contribution in [3.05, 3.63) is 42.2 Å². The van der Waals surface area contributed by atoms with E-state index in [-0.39, 0.29) is 6.17 Å². The number of hydrogen-bond donors (Lipinski definition) is 1. The van der Waals surface area contributed by atoms with Gasteiger partial charge >= 0.3 is 0 Å². The Bertz CT molecular complexity index is 493. The zero-order valence-corrected chi connectivity index (χ0v) is 10.3. The molecule has 2 rings (SSSR count). The number of nitrogens with one attached hydrogen (secondary N) is 1. The Morgan fingerprint density at radius 3 is 2.82 bits per heavy atom. The first-order valence-corrected chi connectivity index (χ1v) is 5.65. The molecule has 1 atom stereocenters. The van der Waals surface area contributed by atoms with Gasteiger partial charge in [-0.1, -0.05) is 18.2 Å². The third-order valence-corrected chi connectivity index (χ3v) is 2.71. The topological polar surface area (TPSA) is 39.1 Å². The number of aryl methyl sites for hydroxylation is 1. The van der Waals surface area contributed by atoms with Crippen LogP contribution in [-0.4, -0.2) is 16.8 Å². The van der Waals surface area contributed by atoms with Crippen LogP contribution in [0.3, 0.4) is 0 Å². The Morgan fingerprint density at radius 2 is 2.12 bits per heavy atom. The van der Waals surface area contributed by atoms with Crippen LogP contribution in [-0.2, 0) is 0 Å². The average molecular weight is 231 g/mol. The molecule has 0 saturated carbocycles. The van der Waals surface area contributed by atoms with Crippen LogP contribution in [0.15, 0.2) is 36.7 Å². The van der Waals surface area contributed by atoms with Gasteiger partial charge in [-0.25, -0.2) is 0 Å². The molecule has 1 N–H and O–H groups in total. The number of benzene rings is 1. The number of nitrogens with zero attached hydrogens (tertiary/aromatic N) is 2. The second kappa shape index (κ2) is 5.01. The Balaban J connectivity index is 2.14. The van der Waals surface area contributed by atoms with Gasteiger partial charge in [0.15, 0.2) is 5.75 Å². The van der Waals surface area contributed by atoms with Gasteiger partial charge in [0.1, 0.15) is 5.75 Å². The zero-order valence-electron chi connectivity index (χ0n) is 10.3. The van der Waals surface area contributed by atoms with Gasteiger partial charge in [-0.05, 0) is 32.5 Å². The van der Waals surface area contributed by atoms with Gasteiger partial charge in [-0.15, -0.1) is 0 Å². The monoisotopic (exact) mass is 231 g/mol. The van der Waals surface area contributed by atoms with E-state index in [2.05, 4.69) is 10.4 Å². The minimum Gasteiger partial charge on any atom is -0.454 e. The van der Waals surface area contributed by atoms with Crippen LogP contribution in [0, 0.1) is 6.92 Å². The maximum atomic E-state index is 5.77. The molecule has 0 radical (unpaired) electrons. The Kier molecular flexibility index (Phi) is 3.44. The summed E-state index contributed by atoms with van der Waals surface area (Å²) in [5.74, 6) is 1.62. The molecule has 4 nitrogen and oxygen atoms in total. The van der Waals surface area contributed by atoms with Gasteiger partial charge in [0.2, 0.25) is 0 Å². The largest absolute Gasteiger partial charge is 0.454 e. The lowest BCUT2D eigenvalue weighted by Gasteiger charge is -2.09. The van der Waals surface area contributed by atoms with E-state index in [0.717, 1.165) is 17.1 Å². The molecule has 1 heterocycles. The van der Waals surface area contributed by atoms with Crippen molar-refractivity contribution in [2.75, 3.05) is 7.05 Å². The molecule has 0 fully saturated rings. The summed E-state index contributed by atoms with van der Waals surface area (Å²) >= 11 is 0. The molecule has 0 spiro atoms. The molecular weight excluding hydrogens is 214 g/mol. The summed E-state index contributed by atoms with van der Waals surface area (Å²) in [5.41, 5.74) is 1.11. The fourth-order valence-corrected chi connectivity index (χ4v) is 1.52. The summed E-state index contributed by atoms with van der Waals surface area (Å²) < 4.78 is 7.60. The van der Waals surface area contributed by atoms with E-state index >= 15 is 0 Å². The van der Waals surface area contributed by atoms with E-state index in [0.29, 0.717) is 0 Å². The number of para-hydroxylation sites is 1. The molecule has 2 aromatic rings. The number of rotatable bonds is 4. The number of ether oxygens (including phenoxy) is 1. The highest BCUT2D eigenvalue weighted by Crippen LogP contribution is 2.24. The second-order valence-electron chi connectivity index (χ2n) is 3.99. The molecule has 17 heavy (non-hydrogen) atoms. The molecular formula is C13H17N3O. The lowest BCUT2D eigenvalue weighted by Crippen LogP contribution is -2.19. The van der Waals surface area contributed by atoms with Crippen molar-refractivity contribution in [1.82, 2.24) is 15.1 Å². The van der Waals surface area contributed by atoms with Crippen molar-refractivity contribution in [1.29, 1.82) is 0 Å². The lowest BCUT2D eigenvalue weighted by atomic mass is 10.2. The zero-order chi connectivity index (χ0) is 12.3. The normalized spacial score (nSPS) is 12.4. The van der Waals surface area contributed by atoms with Crippen LogP contribution in [0.5, 0.6) is 11.5 Å². The second-order valence-corrected chi connectivity index (χ2v) is 3.99. The number of aromatic nitrogens is 2. The molecule has 4 heteroatoms. The van der Waals surface area contributed by atoms with Crippen molar-refractivity contribution in [3.8, 4) is 11.5 Å². The van der Waals surface area contributed by atoms with Gasteiger partial charge in [0.05, 0.1) is 18.6 Å². The van der Waals surface area contributed by atoms with Crippen molar-refractivity contribution >= 4 is 0 Å². The van der Waals surface area contributed by atoms with Crippen LogP contribution in [0.2, 0.25) is 0 Å². The average Bonchev–Trinajstić information content (AvgIpc) is 2.80. The van der Waals surface area contributed by atoms with E-state index < -0.39 is 0 Å². The van der Waals surface area contributed by atoms with Gasteiger partial charge < -0.3 is 4.74 Å². The first kappa shape index (κ1) is 11.7. The van der Waals surface area contributed by atoms with E-state index in [1.807, 2.05) is 56.0 Å². The van der Waals surface area contributed by atoms with Crippen molar-refractivity contribution < 1.29 is 4.74 Å². The van der Waals surface area contributed by atoms with Crippen molar-refractivity contribution in [2.24, 2.45) is 0 Å². The predicted molar refractivity (Wildman–Crippen MR) is 67.3 cm³/mol. The SMILES string of the molecule is CNC(C)n1cc(Oc2ccccc2C)cn1. The van der Waals surface area contributed by atoms with Crippen molar-refractivity contribution in [2.45, 2.75) is 20.0 Å². The summed E-state index contributed by atoms with van der Waals surface area (Å²) in [6.45, 7) is 4.06.